The molecule has 1 aromatic rings. The van der Waals surface area contributed by atoms with E-state index in [1.54, 1.807) is 7.11 Å². The number of benzene rings is 1. The number of nitrogens with zero attached hydrogens (tertiary/aromatic N) is 2. The fourth-order valence-corrected chi connectivity index (χ4v) is 5.61. The van der Waals surface area contributed by atoms with Crippen LogP contribution in [0.15, 0.2) is 24.3 Å². The van der Waals surface area contributed by atoms with Gasteiger partial charge in [0.1, 0.15) is 5.75 Å². The second-order valence-electron chi connectivity index (χ2n) is 8.84. The molecular weight excluding hydrogens is 366 g/mol. The highest BCUT2D eigenvalue weighted by Crippen LogP contribution is 2.46. The van der Waals surface area contributed by atoms with Crippen LogP contribution in [0.4, 0.5) is 0 Å². The highest BCUT2D eigenvalue weighted by molar-refractivity contribution is 5.84. The van der Waals surface area contributed by atoms with Crippen molar-refractivity contribution in [1.29, 1.82) is 0 Å². The van der Waals surface area contributed by atoms with Gasteiger partial charge in [-0.3, -0.25) is 14.5 Å². The number of hydrogen-bond acceptors (Lipinski definition) is 4. The van der Waals surface area contributed by atoms with Gasteiger partial charge in [-0.05, 0) is 36.5 Å². The summed E-state index contributed by atoms with van der Waals surface area (Å²) in [5.41, 5.74) is 1.17. The first-order valence-electron chi connectivity index (χ1n) is 11.0. The molecule has 3 aliphatic rings. The lowest BCUT2D eigenvalue weighted by molar-refractivity contribution is -0.133. The first-order chi connectivity index (χ1) is 14.1. The van der Waals surface area contributed by atoms with Crippen molar-refractivity contribution in [1.82, 2.24) is 15.1 Å². The fraction of sp³-hybridized carbons (Fsp3) is 0.652. The van der Waals surface area contributed by atoms with Gasteiger partial charge in [-0.25, -0.2) is 0 Å². The van der Waals surface area contributed by atoms with Crippen LogP contribution in [0.25, 0.3) is 0 Å². The first-order valence-corrected chi connectivity index (χ1v) is 11.0. The maximum absolute atomic E-state index is 12.9. The molecule has 0 aromatic heterocycles. The largest absolute Gasteiger partial charge is 0.497 e. The van der Waals surface area contributed by atoms with Crippen molar-refractivity contribution < 1.29 is 14.3 Å². The molecule has 3 atom stereocenters. The van der Waals surface area contributed by atoms with Gasteiger partial charge in [-0.1, -0.05) is 31.4 Å². The highest BCUT2D eigenvalue weighted by Gasteiger charge is 2.49. The Bertz CT molecular complexity index is 729. The van der Waals surface area contributed by atoms with Gasteiger partial charge in [0.15, 0.2) is 0 Å². The van der Waals surface area contributed by atoms with E-state index in [2.05, 4.69) is 22.3 Å². The molecule has 3 fully saturated rings. The summed E-state index contributed by atoms with van der Waals surface area (Å²) in [6.07, 6.45) is 6.70. The number of fused-ring (bicyclic) bond motifs is 1. The molecule has 0 unspecified atom stereocenters. The Kier molecular flexibility index (Phi) is 6.09. The number of likely N-dealkylation sites (tertiary alicyclic amines) is 2. The van der Waals surface area contributed by atoms with Crippen LogP contribution < -0.4 is 10.1 Å². The first kappa shape index (κ1) is 20.2. The predicted octanol–water partition coefficient (Wildman–Crippen LogP) is 2.60. The Morgan fingerprint density at radius 3 is 2.45 bits per heavy atom. The lowest BCUT2D eigenvalue weighted by Crippen LogP contribution is -2.43. The monoisotopic (exact) mass is 399 g/mol. The molecule has 2 heterocycles. The second-order valence-corrected chi connectivity index (χ2v) is 8.84. The van der Waals surface area contributed by atoms with Gasteiger partial charge in [-0.2, -0.15) is 0 Å². The van der Waals surface area contributed by atoms with Crippen molar-refractivity contribution in [2.24, 2.45) is 11.8 Å². The van der Waals surface area contributed by atoms with E-state index >= 15 is 0 Å². The summed E-state index contributed by atoms with van der Waals surface area (Å²) >= 11 is 0. The third-order valence-electron chi connectivity index (χ3n) is 7.05. The van der Waals surface area contributed by atoms with Gasteiger partial charge in [-0.15, -0.1) is 0 Å². The lowest BCUT2D eigenvalue weighted by atomic mass is 9.89. The van der Waals surface area contributed by atoms with Crippen LogP contribution in [0.1, 0.15) is 50.6 Å². The molecule has 2 saturated heterocycles. The average molecular weight is 400 g/mol. The average Bonchev–Trinajstić information content (AvgIpc) is 3.31. The summed E-state index contributed by atoms with van der Waals surface area (Å²) in [4.78, 5) is 28.9. The van der Waals surface area contributed by atoms with Gasteiger partial charge in [0, 0.05) is 38.5 Å². The zero-order chi connectivity index (χ0) is 20.4. The molecule has 2 aliphatic heterocycles. The van der Waals surface area contributed by atoms with Crippen LogP contribution in [0, 0.1) is 11.8 Å². The zero-order valence-electron chi connectivity index (χ0n) is 17.6. The van der Waals surface area contributed by atoms with Crippen LogP contribution >= 0.6 is 0 Å². The SMILES string of the molecule is COc1ccc([C@H]2[C@H]3CN(C4CCCCC4)C[C@H]3CN2C(=O)CNC(C)=O)cc1. The quantitative estimate of drug-likeness (QED) is 0.827. The molecule has 29 heavy (non-hydrogen) atoms. The summed E-state index contributed by atoms with van der Waals surface area (Å²) in [5.74, 6) is 1.63. The Balaban J connectivity index is 1.54. The minimum absolute atomic E-state index is 0.0136. The Labute approximate surface area is 173 Å². The smallest absolute Gasteiger partial charge is 0.242 e. The standard InChI is InChI=1S/C23H33N3O3/c1-16(27)24-12-22(28)26-14-18-13-25(19-6-4-3-5-7-19)15-21(18)23(26)17-8-10-20(29-2)11-9-17/h8-11,18-19,21,23H,3-7,12-15H2,1-2H3,(H,24,27)/t18-,21-,23-/m0/s1. The van der Waals surface area contributed by atoms with E-state index in [1.165, 1.54) is 44.6 Å². The molecule has 4 rings (SSSR count). The second kappa shape index (κ2) is 8.74. The van der Waals surface area contributed by atoms with Crippen LogP contribution in [0.5, 0.6) is 5.75 Å². The molecule has 0 bridgehead atoms. The molecule has 2 amide bonds. The summed E-state index contributed by atoms with van der Waals surface area (Å²) < 4.78 is 5.32. The van der Waals surface area contributed by atoms with Gasteiger partial charge < -0.3 is 15.0 Å². The third kappa shape index (κ3) is 4.27. The summed E-state index contributed by atoms with van der Waals surface area (Å²) in [7, 11) is 1.67. The van der Waals surface area contributed by atoms with Crippen LogP contribution in [-0.2, 0) is 9.59 Å². The maximum atomic E-state index is 12.9. The normalized spacial score (nSPS) is 27.7. The van der Waals surface area contributed by atoms with Crippen molar-refractivity contribution in [3.8, 4) is 5.75 Å². The minimum Gasteiger partial charge on any atom is -0.497 e. The molecule has 1 saturated carbocycles. The van der Waals surface area contributed by atoms with E-state index in [1.807, 2.05) is 17.0 Å². The Hall–Kier alpha value is -2.08. The number of methoxy groups -OCH3 is 1. The van der Waals surface area contributed by atoms with Gasteiger partial charge in [0.2, 0.25) is 11.8 Å². The van der Waals surface area contributed by atoms with E-state index in [0.717, 1.165) is 31.4 Å². The van der Waals surface area contributed by atoms with E-state index in [-0.39, 0.29) is 24.4 Å². The number of nitrogens with one attached hydrogen (secondary N) is 1. The van der Waals surface area contributed by atoms with Gasteiger partial charge in [0.05, 0.1) is 19.7 Å². The molecule has 1 aliphatic carbocycles. The van der Waals surface area contributed by atoms with Crippen molar-refractivity contribution in [2.45, 2.75) is 51.1 Å². The molecule has 0 spiro atoms. The molecule has 0 radical (unpaired) electrons. The van der Waals surface area contributed by atoms with E-state index in [9.17, 15) is 9.59 Å². The molecule has 6 heteroatoms. The third-order valence-corrected chi connectivity index (χ3v) is 7.05. The number of hydrogen-bond donors (Lipinski definition) is 1. The summed E-state index contributed by atoms with van der Waals surface area (Å²) in [5, 5.41) is 2.68. The number of carbonyl (C=O) groups excluding carboxylic acids is 2. The Morgan fingerprint density at radius 2 is 1.79 bits per heavy atom. The number of carbonyl (C=O) groups is 2. The number of rotatable bonds is 5. The van der Waals surface area contributed by atoms with E-state index < -0.39 is 0 Å². The molecule has 6 nitrogen and oxygen atoms in total. The number of ether oxygens (including phenoxy) is 1. The van der Waals surface area contributed by atoms with Crippen molar-refractivity contribution in [3.63, 3.8) is 0 Å². The maximum Gasteiger partial charge on any atom is 0.242 e. The summed E-state index contributed by atoms with van der Waals surface area (Å²) in [6.45, 7) is 4.47. The van der Waals surface area contributed by atoms with Crippen LogP contribution in [-0.4, -0.2) is 60.9 Å². The predicted molar refractivity (Wildman–Crippen MR) is 112 cm³/mol. The van der Waals surface area contributed by atoms with Crippen LogP contribution in [0.2, 0.25) is 0 Å². The highest BCUT2D eigenvalue weighted by atomic mass is 16.5. The lowest BCUT2D eigenvalue weighted by Gasteiger charge is -2.34. The van der Waals surface area contributed by atoms with E-state index in [0.29, 0.717) is 11.8 Å². The Morgan fingerprint density at radius 1 is 1.07 bits per heavy atom. The summed E-state index contributed by atoms with van der Waals surface area (Å²) in [6, 6.07) is 8.93. The topological polar surface area (TPSA) is 61.9 Å². The molecule has 1 aromatic carbocycles. The molecular formula is C23H33N3O3. The molecule has 158 valence electrons. The van der Waals surface area contributed by atoms with Gasteiger partial charge >= 0.3 is 0 Å². The number of amides is 2. The minimum atomic E-state index is -0.165. The van der Waals surface area contributed by atoms with Crippen molar-refractivity contribution >= 4 is 11.8 Å². The van der Waals surface area contributed by atoms with Crippen LogP contribution in [0.3, 0.4) is 0 Å². The van der Waals surface area contributed by atoms with Crippen molar-refractivity contribution in [3.05, 3.63) is 29.8 Å². The fourth-order valence-electron chi connectivity index (χ4n) is 5.61. The van der Waals surface area contributed by atoms with Crippen molar-refractivity contribution in [2.75, 3.05) is 33.3 Å². The zero-order valence-corrected chi connectivity index (χ0v) is 17.6. The van der Waals surface area contributed by atoms with E-state index in [4.69, 9.17) is 4.74 Å². The van der Waals surface area contributed by atoms with Gasteiger partial charge in [0.25, 0.3) is 0 Å². The molecule has 1 N–H and O–H groups in total.